The molecule has 0 saturated carbocycles. The van der Waals surface area contributed by atoms with Crippen molar-refractivity contribution < 1.29 is 4.79 Å². The van der Waals surface area contributed by atoms with E-state index in [1.165, 1.54) is 0 Å². The Morgan fingerprint density at radius 3 is 2.77 bits per heavy atom. The Morgan fingerprint density at radius 2 is 2.23 bits per heavy atom. The van der Waals surface area contributed by atoms with Gasteiger partial charge < -0.3 is 0 Å². The Kier molecular flexibility index (Phi) is 3.52. The van der Waals surface area contributed by atoms with E-state index >= 15 is 0 Å². The molecule has 0 amide bonds. The summed E-state index contributed by atoms with van der Waals surface area (Å²) in [6.07, 6.45) is 2.36. The molecule has 1 aromatic rings. The molecule has 0 radical (unpaired) electrons. The average molecular weight is 215 g/mol. The van der Waals surface area contributed by atoms with Crippen LogP contribution in [0.15, 0.2) is 30.9 Å². The maximum Gasteiger partial charge on any atom is 0.253 e. The van der Waals surface area contributed by atoms with E-state index in [4.69, 9.17) is 23.2 Å². The molecule has 0 fully saturated rings. The number of hydrogen-bond donors (Lipinski definition) is 0. The van der Waals surface area contributed by atoms with Gasteiger partial charge >= 0.3 is 0 Å². The van der Waals surface area contributed by atoms with E-state index in [1.54, 1.807) is 18.2 Å². The molecular formula is C10H8Cl2O. The largest absolute Gasteiger partial charge is 0.276 e. The average Bonchev–Trinajstić information content (AvgIpc) is 2.08. The lowest BCUT2D eigenvalue weighted by Crippen LogP contribution is -1.93. The van der Waals surface area contributed by atoms with E-state index in [0.717, 1.165) is 5.56 Å². The van der Waals surface area contributed by atoms with Gasteiger partial charge in [0.05, 0.1) is 10.6 Å². The van der Waals surface area contributed by atoms with Gasteiger partial charge in [-0.25, -0.2) is 0 Å². The van der Waals surface area contributed by atoms with Crippen LogP contribution in [0.2, 0.25) is 5.02 Å². The number of allylic oxidation sites excluding steroid dienone is 1. The Balaban J connectivity index is 3.17. The SMILES string of the molecule is C=CCc1cccc(C(=O)Cl)c1Cl. The normalized spacial score (nSPS) is 9.69. The molecule has 13 heavy (non-hydrogen) atoms. The Hall–Kier alpha value is -0.790. The molecule has 0 aliphatic carbocycles. The molecule has 0 spiro atoms. The summed E-state index contributed by atoms with van der Waals surface area (Å²) in [6, 6.07) is 5.19. The van der Waals surface area contributed by atoms with Crippen LogP contribution in [0.4, 0.5) is 0 Å². The van der Waals surface area contributed by atoms with Gasteiger partial charge in [-0.05, 0) is 29.7 Å². The third-order valence-corrected chi connectivity index (χ3v) is 2.30. The first-order valence-electron chi connectivity index (χ1n) is 3.75. The minimum Gasteiger partial charge on any atom is -0.276 e. The first-order valence-corrected chi connectivity index (χ1v) is 4.50. The fraction of sp³-hybridized carbons (Fsp3) is 0.100. The van der Waals surface area contributed by atoms with Gasteiger partial charge in [-0.2, -0.15) is 0 Å². The van der Waals surface area contributed by atoms with Gasteiger partial charge in [0, 0.05) is 0 Å². The lowest BCUT2D eigenvalue weighted by atomic mass is 10.1. The minimum absolute atomic E-state index is 0.350. The van der Waals surface area contributed by atoms with Gasteiger partial charge in [-0.3, -0.25) is 4.79 Å². The third-order valence-electron chi connectivity index (χ3n) is 1.65. The van der Waals surface area contributed by atoms with E-state index in [2.05, 4.69) is 6.58 Å². The number of hydrogen-bond acceptors (Lipinski definition) is 1. The van der Waals surface area contributed by atoms with Gasteiger partial charge in [0.2, 0.25) is 0 Å². The molecule has 0 saturated heterocycles. The second-order valence-corrected chi connectivity index (χ2v) is 3.27. The number of carbonyl (C=O) groups is 1. The topological polar surface area (TPSA) is 17.1 Å². The summed E-state index contributed by atoms with van der Waals surface area (Å²) in [5, 5.41) is -0.113. The predicted molar refractivity (Wildman–Crippen MR) is 55.5 cm³/mol. The maximum atomic E-state index is 10.9. The molecule has 0 atom stereocenters. The van der Waals surface area contributed by atoms with Crippen LogP contribution in [0.25, 0.3) is 0 Å². The number of rotatable bonds is 3. The van der Waals surface area contributed by atoms with Crippen LogP contribution >= 0.6 is 23.2 Å². The molecule has 0 aliphatic rings. The molecule has 1 rings (SSSR count). The van der Waals surface area contributed by atoms with Crippen LogP contribution in [0, 0.1) is 0 Å². The molecule has 68 valence electrons. The summed E-state index contributed by atoms with van der Waals surface area (Å²) in [5.41, 5.74) is 1.21. The van der Waals surface area contributed by atoms with Crippen molar-refractivity contribution in [1.29, 1.82) is 0 Å². The Morgan fingerprint density at radius 1 is 1.54 bits per heavy atom. The lowest BCUT2D eigenvalue weighted by molar-refractivity contribution is 0.108. The van der Waals surface area contributed by atoms with Crippen LogP contribution in [0.1, 0.15) is 15.9 Å². The molecule has 0 aromatic heterocycles. The predicted octanol–water partition coefficient (Wildman–Crippen LogP) is 3.45. The van der Waals surface area contributed by atoms with Crippen molar-refractivity contribution in [2.24, 2.45) is 0 Å². The zero-order valence-corrected chi connectivity index (χ0v) is 8.40. The Labute approximate surface area is 87.0 Å². The standard InChI is InChI=1S/C10H8Cl2O/c1-2-4-7-5-3-6-8(9(7)11)10(12)13/h2-3,5-6H,1,4H2. The monoisotopic (exact) mass is 214 g/mol. The zero-order valence-electron chi connectivity index (χ0n) is 6.89. The van der Waals surface area contributed by atoms with Gasteiger partial charge in [0.25, 0.3) is 5.24 Å². The van der Waals surface area contributed by atoms with E-state index in [0.29, 0.717) is 17.0 Å². The first-order chi connectivity index (χ1) is 6.16. The van der Waals surface area contributed by atoms with Crippen molar-refractivity contribution in [2.75, 3.05) is 0 Å². The highest BCUT2D eigenvalue weighted by Gasteiger charge is 2.09. The van der Waals surface area contributed by atoms with Crippen molar-refractivity contribution >= 4 is 28.4 Å². The van der Waals surface area contributed by atoms with Gasteiger partial charge in [0.15, 0.2) is 0 Å². The minimum atomic E-state index is -0.532. The summed E-state index contributed by atoms with van der Waals surface area (Å²) in [5.74, 6) is 0. The van der Waals surface area contributed by atoms with Crippen LogP contribution in [0.3, 0.4) is 0 Å². The highest BCUT2D eigenvalue weighted by molar-refractivity contribution is 6.68. The molecular weight excluding hydrogens is 207 g/mol. The number of halogens is 2. The quantitative estimate of drug-likeness (QED) is 0.557. The molecule has 0 heterocycles. The summed E-state index contributed by atoms with van der Waals surface area (Å²) in [6.45, 7) is 3.60. The van der Waals surface area contributed by atoms with Crippen LogP contribution < -0.4 is 0 Å². The molecule has 0 aliphatic heterocycles. The van der Waals surface area contributed by atoms with Crippen LogP contribution in [-0.2, 0) is 6.42 Å². The number of carbonyl (C=O) groups excluding carboxylic acids is 1. The smallest absolute Gasteiger partial charge is 0.253 e. The fourth-order valence-corrected chi connectivity index (χ4v) is 1.54. The van der Waals surface area contributed by atoms with Gasteiger partial charge in [-0.15, -0.1) is 6.58 Å². The zero-order chi connectivity index (χ0) is 9.84. The lowest BCUT2D eigenvalue weighted by Gasteiger charge is -2.03. The van der Waals surface area contributed by atoms with Gasteiger partial charge in [-0.1, -0.05) is 29.8 Å². The van der Waals surface area contributed by atoms with E-state index in [9.17, 15) is 4.79 Å². The van der Waals surface area contributed by atoms with Crippen molar-refractivity contribution in [2.45, 2.75) is 6.42 Å². The molecule has 0 N–H and O–H groups in total. The Bertz CT molecular complexity index is 345. The second-order valence-electron chi connectivity index (χ2n) is 2.55. The molecule has 0 unspecified atom stereocenters. The van der Waals surface area contributed by atoms with E-state index in [-0.39, 0.29) is 0 Å². The summed E-state index contributed by atoms with van der Waals surface area (Å²) < 4.78 is 0. The fourth-order valence-electron chi connectivity index (χ4n) is 1.04. The molecule has 1 nitrogen and oxygen atoms in total. The first kappa shape index (κ1) is 10.3. The maximum absolute atomic E-state index is 10.9. The molecule has 3 heteroatoms. The summed E-state index contributed by atoms with van der Waals surface area (Å²) in [4.78, 5) is 10.9. The van der Waals surface area contributed by atoms with Crippen molar-refractivity contribution in [3.05, 3.63) is 47.0 Å². The molecule has 0 bridgehead atoms. The van der Waals surface area contributed by atoms with Crippen molar-refractivity contribution in [3.8, 4) is 0 Å². The highest BCUT2D eigenvalue weighted by Crippen LogP contribution is 2.23. The number of benzene rings is 1. The van der Waals surface area contributed by atoms with E-state index in [1.807, 2.05) is 6.07 Å². The summed E-state index contributed by atoms with van der Waals surface area (Å²) >= 11 is 11.3. The summed E-state index contributed by atoms with van der Waals surface area (Å²) in [7, 11) is 0. The van der Waals surface area contributed by atoms with Crippen LogP contribution in [-0.4, -0.2) is 5.24 Å². The van der Waals surface area contributed by atoms with E-state index < -0.39 is 5.24 Å². The highest BCUT2D eigenvalue weighted by atomic mass is 35.5. The van der Waals surface area contributed by atoms with Crippen molar-refractivity contribution in [3.63, 3.8) is 0 Å². The molecule has 1 aromatic carbocycles. The van der Waals surface area contributed by atoms with Gasteiger partial charge in [0.1, 0.15) is 0 Å². The third kappa shape index (κ3) is 2.33. The second kappa shape index (κ2) is 4.45. The van der Waals surface area contributed by atoms with Crippen molar-refractivity contribution in [1.82, 2.24) is 0 Å². The van der Waals surface area contributed by atoms with Crippen LogP contribution in [0.5, 0.6) is 0 Å².